The molecule has 1 aromatic carbocycles. The lowest BCUT2D eigenvalue weighted by Crippen LogP contribution is -2.45. The van der Waals surface area contributed by atoms with E-state index >= 15 is 0 Å². The van der Waals surface area contributed by atoms with Crippen molar-refractivity contribution in [3.63, 3.8) is 0 Å². The van der Waals surface area contributed by atoms with Crippen molar-refractivity contribution in [3.8, 4) is 11.5 Å². The van der Waals surface area contributed by atoms with E-state index in [2.05, 4.69) is 5.32 Å². The van der Waals surface area contributed by atoms with E-state index in [1.807, 2.05) is 0 Å². The smallest absolute Gasteiger partial charge is 0.408 e. The summed E-state index contributed by atoms with van der Waals surface area (Å²) in [6.45, 7) is 17.1. The Morgan fingerprint density at radius 3 is 1.80 bits per heavy atom. The average Bonchev–Trinajstić information content (AvgIpc) is 2.66. The maximum Gasteiger partial charge on any atom is 0.408 e. The highest BCUT2D eigenvalue weighted by Crippen LogP contribution is 2.33. The van der Waals surface area contributed by atoms with Gasteiger partial charge in [0.25, 0.3) is 0 Å². The molecule has 0 radical (unpaired) electrons. The Morgan fingerprint density at radius 2 is 1.34 bits per heavy atom. The molecule has 1 atom stereocenters. The maximum absolute atomic E-state index is 12.6. The number of hydrogen-bond acceptors (Lipinski definition) is 8. The molecule has 1 N–H and O–H groups in total. The molecule has 0 aliphatic heterocycles. The molecule has 1 amide bonds. The van der Waals surface area contributed by atoms with Gasteiger partial charge in [0.05, 0.1) is 17.4 Å². The number of rotatable bonds is 7. The van der Waals surface area contributed by atoms with Gasteiger partial charge in [0.1, 0.15) is 11.6 Å². The van der Waals surface area contributed by atoms with Gasteiger partial charge in [0.15, 0.2) is 11.5 Å². The molecule has 196 valence electrons. The first-order valence-corrected chi connectivity index (χ1v) is 11.6. The van der Waals surface area contributed by atoms with Crippen LogP contribution in [0, 0.1) is 10.8 Å². The predicted octanol–water partition coefficient (Wildman–Crippen LogP) is 4.59. The van der Waals surface area contributed by atoms with E-state index in [4.69, 9.17) is 18.9 Å². The molecule has 0 aromatic heterocycles. The molecule has 1 aromatic rings. The van der Waals surface area contributed by atoms with Crippen molar-refractivity contribution in [1.29, 1.82) is 0 Å². The minimum Gasteiger partial charge on any atom is -0.464 e. The Bertz CT molecular complexity index is 932. The molecular formula is C26H39NO8. The van der Waals surface area contributed by atoms with Gasteiger partial charge in [-0.2, -0.15) is 0 Å². The Morgan fingerprint density at radius 1 is 0.829 bits per heavy atom. The minimum atomic E-state index is -1.06. The Balaban J connectivity index is 3.31. The second kappa shape index (κ2) is 11.6. The molecule has 1 rings (SSSR count). The Hall–Kier alpha value is -3.10. The number of amides is 1. The SMILES string of the molecule is CCOC(=O)[C@H](Cc1ccc(OC(=O)C(C)(C)C)c(OC(=O)C(C)(C)C)c1)NC(=O)OC(C)(C)C. The van der Waals surface area contributed by atoms with Crippen LogP contribution in [0.3, 0.4) is 0 Å². The normalized spacial score (nSPS) is 12.9. The van der Waals surface area contributed by atoms with Crippen LogP contribution < -0.4 is 14.8 Å². The molecule has 0 heterocycles. The second-order valence-corrected chi connectivity index (χ2v) is 11.2. The number of carbonyl (C=O) groups is 4. The van der Waals surface area contributed by atoms with Gasteiger partial charge < -0.3 is 24.3 Å². The molecule has 0 aliphatic carbocycles. The molecule has 35 heavy (non-hydrogen) atoms. The van der Waals surface area contributed by atoms with Crippen LogP contribution in [-0.4, -0.2) is 42.3 Å². The summed E-state index contributed by atoms with van der Waals surface area (Å²) in [4.78, 5) is 49.8. The maximum atomic E-state index is 12.6. The molecule has 0 fully saturated rings. The second-order valence-electron chi connectivity index (χ2n) is 11.2. The van der Waals surface area contributed by atoms with Gasteiger partial charge in [-0.15, -0.1) is 0 Å². The number of hydrogen-bond donors (Lipinski definition) is 1. The van der Waals surface area contributed by atoms with Crippen LogP contribution in [0.4, 0.5) is 4.79 Å². The van der Waals surface area contributed by atoms with Crippen molar-refractivity contribution in [2.24, 2.45) is 10.8 Å². The zero-order chi connectivity index (χ0) is 27.2. The monoisotopic (exact) mass is 493 g/mol. The van der Waals surface area contributed by atoms with Crippen molar-refractivity contribution in [2.45, 2.75) is 87.3 Å². The van der Waals surface area contributed by atoms with Crippen LogP contribution in [0.25, 0.3) is 0 Å². The highest BCUT2D eigenvalue weighted by atomic mass is 16.6. The van der Waals surface area contributed by atoms with Crippen molar-refractivity contribution in [2.75, 3.05) is 6.61 Å². The molecule has 0 aliphatic rings. The Labute approximate surface area is 207 Å². The van der Waals surface area contributed by atoms with Crippen molar-refractivity contribution in [1.82, 2.24) is 5.32 Å². The third kappa shape index (κ3) is 10.4. The van der Waals surface area contributed by atoms with Crippen LogP contribution in [0.5, 0.6) is 11.5 Å². The predicted molar refractivity (Wildman–Crippen MR) is 130 cm³/mol. The first kappa shape index (κ1) is 29.9. The van der Waals surface area contributed by atoms with E-state index in [0.717, 1.165) is 0 Å². The molecule has 0 unspecified atom stereocenters. The average molecular weight is 494 g/mol. The number of carbonyl (C=O) groups excluding carboxylic acids is 4. The highest BCUT2D eigenvalue weighted by Gasteiger charge is 2.30. The van der Waals surface area contributed by atoms with Gasteiger partial charge in [-0.05, 0) is 86.9 Å². The lowest BCUT2D eigenvalue weighted by Gasteiger charge is -2.23. The lowest BCUT2D eigenvalue weighted by atomic mass is 9.97. The van der Waals surface area contributed by atoms with E-state index < -0.39 is 46.5 Å². The summed E-state index contributed by atoms with van der Waals surface area (Å²) in [6.07, 6.45) is -0.753. The largest absolute Gasteiger partial charge is 0.464 e. The summed E-state index contributed by atoms with van der Waals surface area (Å²) >= 11 is 0. The minimum absolute atomic E-state index is 0.0195. The summed E-state index contributed by atoms with van der Waals surface area (Å²) in [5.74, 6) is -1.58. The van der Waals surface area contributed by atoms with Gasteiger partial charge in [0.2, 0.25) is 0 Å². The highest BCUT2D eigenvalue weighted by molar-refractivity contribution is 5.83. The summed E-state index contributed by atoms with van der Waals surface area (Å²) in [6, 6.07) is 3.54. The van der Waals surface area contributed by atoms with E-state index in [1.165, 1.54) is 12.1 Å². The molecule has 9 nitrogen and oxygen atoms in total. The molecule has 0 bridgehead atoms. The van der Waals surface area contributed by atoms with Crippen molar-refractivity contribution < 1.29 is 38.1 Å². The van der Waals surface area contributed by atoms with E-state index in [1.54, 1.807) is 75.3 Å². The lowest BCUT2D eigenvalue weighted by molar-refractivity contribution is -0.146. The summed E-state index contributed by atoms with van der Waals surface area (Å²) in [5.41, 5.74) is -1.81. The molecule has 9 heteroatoms. The fourth-order valence-electron chi connectivity index (χ4n) is 2.47. The third-order valence-corrected chi connectivity index (χ3v) is 4.34. The summed E-state index contributed by atoms with van der Waals surface area (Å²) < 4.78 is 21.4. The number of ether oxygens (including phenoxy) is 4. The van der Waals surface area contributed by atoms with Crippen LogP contribution >= 0.6 is 0 Å². The van der Waals surface area contributed by atoms with Gasteiger partial charge in [-0.25, -0.2) is 9.59 Å². The number of esters is 3. The topological polar surface area (TPSA) is 117 Å². The number of alkyl carbamates (subject to hydrolysis) is 1. The quantitative estimate of drug-likeness (QED) is 0.433. The van der Waals surface area contributed by atoms with Crippen LogP contribution in [0.1, 0.15) is 74.8 Å². The van der Waals surface area contributed by atoms with E-state index in [0.29, 0.717) is 5.56 Å². The van der Waals surface area contributed by atoms with Gasteiger partial charge in [-0.1, -0.05) is 6.07 Å². The van der Waals surface area contributed by atoms with E-state index in [9.17, 15) is 19.2 Å². The summed E-state index contributed by atoms with van der Waals surface area (Å²) in [7, 11) is 0. The fraction of sp³-hybridized carbons (Fsp3) is 0.615. The van der Waals surface area contributed by atoms with Gasteiger partial charge >= 0.3 is 24.0 Å². The third-order valence-electron chi connectivity index (χ3n) is 4.34. The standard InChI is InChI=1S/C26H39NO8/c1-11-32-20(28)17(27-23(31)35-26(8,9)10)14-16-12-13-18(33-21(29)24(2,3)4)19(15-16)34-22(30)25(5,6)7/h12-13,15,17H,11,14H2,1-10H3,(H,27,31)/t17-/m0/s1. The first-order chi connectivity index (χ1) is 15.8. The van der Waals surface area contributed by atoms with Crippen LogP contribution in [-0.2, 0) is 30.3 Å². The van der Waals surface area contributed by atoms with Crippen LogP contribution in [0.15, 0.2) is 18.2 Å². The van der Waals surface area contributed by atoms with Crippen molar-refractivity contribution >= 4 is 24.0 Å². The van der Waals surface area contributed by atoms with E-state index in [-0.39, 0.29) is 24.5 Å². The molecule has 0 spiro atoms. The van der Waals surface area contributed by atoms with Gasteiger partial charge in [0, 0.05) is 6.42 Å². The zero-order valence-corrected chi connectivity index (χ0v) is 22.5. The Kier molecular flexibility index (Phi) is 9.88. The molecular weight excluding hydrogens is 454 g/mol. The molecule has 0 saturated carbocycles. The van der Waals surface area contributed by atoms with Crippen molar-refractivity contribution in [3.05, 3.63) is 23.8 Å². The fourth-order valence-corrected chi connectivity index (χ4v) is 2.47. The summed E-state index contributed by atoms with van der Waals surface area (Å²) in [5, 5.41) is 2.53. The number of nitrogens with one attached hydrogen (secondary N) is 1. The van der Waals surface area contributed by atoms with Crippen LogP contribution in [0.2, 0.25) is 0 Å². The first-order valence-electron chi connectivity index (χ1n) is 11.6. The number of benzene rings is 1. The zero-order valence-electron chi connectivity index (χ0n) is 22.5. The van der Waals surface area contributed by atoms with Gasteiger partial charge in [-0.3, -0.25) is 9.59 Å². The molecule has 0 saturated heterocycles.